The van der Waals surface area contributed by atoms with Crippen molar-refractivity contribution in [3.8, 4) is 0 Å². The Morgan fingerprint density at radius 3 is 2.00 bits per heavy atom. The molecule has 0 saturated heterocycles. The first-order valence-corrected chi connectivity index (χ1v) is 4.53. The highest BCUT2D eigenvalue weighted by molar-refractivity contribution is 6.80. The SMILES string of the molecule is C=CC(=O)O.[SiH3]Cl. The predicted octanol–water partition coefficient (Wildman–Crippen LogP) is -0.237. The zero-order valence-corrected chi connectivity index (χ0v) is 6.77. The molecule has 4 heteroatoms. The van der Waals surface area contributed by atoms with Crippen LogP contribution in [0.2, 0.25) is 0 Å². The first kappa shape index (κ1) is 9.87. The van der Waals surface area contributed by atoms with Crippen LogP contribution in [0.3, 0.4) is 0 Å². The van der Waals surface area contributed by atoms with Crippen molar-refractivity contribution in [2.24, 2.45) is 0 Å². The van der Waals surface area contributed by atoms with Gasteiger partial charge < -0.3 is 5.11 Å². The van der Waals surface area contributed by atoms with E-state index < -0.39 is 5.97 Å². The highest BCUT2D eigenvalue weighted by atomic mass is 35.6. The van der Waals surface area contributed by atoms with Crippen LogP contribution in [-0.4, -0.2) is 20.6 Å². The summed E-state index contributed by atoms with van der Waals surface area (Å²) >= 11 is 4.78. The van der Waals surface area contributed by atoms with E-state index in [1.165, 1.54) is 0 Å². The second kappa shape index (κ2) is 9.21. The maximum Gasteiger partial charge on any atom is 0.327 e. The lowest BCUT2D eigenvalue weighted by molar-refractivity contribution is -0.131. The van der Waals surface area contributed by atoms with Crippen molar-refractivity contribution in [2.45, 2.75) is 0 Å². The van der Waals surface area contributed by atoms with E-state index >= 15 is 0 Å². The Bertz CT molecular complexity index is 64.0. The smallest absolute Gasteiger partial charge is 0.327 e. The molecule has 0 spiro atoms. The van der Waals surface area contributed by atoms with Crippen LogP contribution in [0.25, 0.3) is 0 Å². The summed E-state index contributed by atoms with van der Waals surface area (Å²) in [6.07, 6.45) is 0.833. The van der Waals surface area contributed by atoms with Gasteiger partial charge in [-0.3, -0.25) is 0 Å². The van der Waals surface area contributed by atoms with E-state index in [1.807, 2.05) is 0 Å². The zero-order chi connectivity index (χ0) is 6.28. The first-order valence-electron chi connectivity index (χ1n) is 1.50. The van der Waals surface area contributed by atoms with Crippen molar-refractivity contribution in [2.75, 3.05) is 0 Å². The molecule has 0 aromatic heterocycles. The number of aliphatic carboxylic acids is 1. The van der Waals surface area contributed by atoms with Crippen molar-refractivity contribution < 1.29 is 9.90 Å². The molecule has 7 heavy (non-hydrogen) atoms. The van der Waals surface area contributed by atoms with Gasteiger partial charge in [0.1, 0.15) is 9.55 Å². The molecule has 42 valence electrons. The highest BCUT2D eigenvalue weighted by Crippen LogP contribution is 1.54. The molecule has 1 N–H and O–H groups in total. The van der Waals surface area contributed by atoms with Crippen LogP contribution in [-0.2, 0) is 4.79 Å². The Balaban J connectivity index is 0. The topological polar surface area (TPSA) is 37.3 Å². The van der Waals surface area contributed by atoms with E-state index in [9.17, 15) is 4.79 Å². The van der Waals surface area contributed by atoms with Crippen molar-refractivity contribution >= 4 is 26.6 Å². The minimum atomic E-state index is -0.981. The number of halogens is 1. The molecule has 0 bridgehead atoms. The quantitative estimate of drug-likeness (QED) is 0.309. The third-order valence-corrected chi connectivity index (χ3v) is 0.175. The van der Waals surface area contributed by atoms with Gasteiger partial charge in [0.25, 0.3) is 0 Å². The average molecular weight is 139 g/mol. The summed E-state index contributed by atoms with van der Waals surface area (Å²) in [5, 5.41) is 7.60. The molecule has 0 heterocycles. The van der Waals surface area contributed by atoms with Crippen molar-refractivity contribution in [1.82, 2.24) is 0 Å². The highest BCUT2D eigenvalue weighted by Gasteiger charge is 1.73. The molecule has 0 amide bonds. The maximum absolute atomic E-state index is 9.25. The molecule has 0 aromatic rings. The van der Waals surface area contributed by atoms with Gasteiger partial charge in [0.2, 0.25) is 0 Å². The Kier molecular flexibility index (Phi) is 13.0. The molecule has 0 fully saturated rings. The fourth-order valence-electron chi connectivity index (χ4n) is 0. The average Bonchev–Trinajstić information content (AvgIpc) is 1.73. The van der Waals surface area contributed by atoms with Gasteiger partial charge in [-0.2, -0.15) is 11.1 Å². The van der Waals surface area contributed by atoms with Crippen LogP contribution in [0.5, 0.6) is 0 Å². The van der Waals surface area contributed by atoms with E-state index in [2.05, 4.69) is 6.58 Å². The number of carboxylic acids is 1. The van der Waals surface area contributed by atoms with Crippen molar-refractivity contribution in [1.29, 1.82) is 0 Å². The van der Waals surface area contributed by atoms with Gasteiger partial charge in [-0.1, -0.05) is 6.58 Å². The number of carbonyl (C=O) groups is 1. The van der Waals surface area contributed by atoms with Crippen molar-refractivity contribution in [3.05, 3.63) is 12.7 Å². The van der Waals surface area contributed by atoms with Crippen LogP contribution in [0.15, 0.2) is 12.7 Å². The van der Waals surface area contributed by atoms with Gasteiger partial charge >= 0.3 is 5.97 Å². The van der Waals surface area contributed by atoms with Crippen LogP contribution >= 0.6 is 11.1 Å². The summed E-state index contributed by atoms with van der Waals surface area (Å²) in [6, 6.07) is 0. The Hall–Kier alpha value is -0.283. The predicted molar refractivity (Wildman–Crippen MR) is 33.6 cm³/mol. The number of rotatable bonds is 1. The Labute approximate surface area is 49.9 Å². The molecule has 0 radical (unpaired) electrons. The van der Waals surface area contributed by atoms with Gasteiger partial charge in [0.15, 0.2) is 0 Å². The number of hydrogen-bond donors (Lipinski definition) is 1. The standard InChI is InChI=1S/C3H4O2.ClH3Si/c1-2-3(4)5;1-2/h2H,1H2,(H,4,5);2H3. The molecule has 0 aromatic carbocycles. The monoisotopic (exact) mass is 138 g/mol. The van der Waals surface area contributed by atoms with Gasteiger partial charge in [-0.15, -0.1) is 0 Å². The van der Waals surface area contributed by atoms with Gasteiger partial charge in [-0.25, -0.2) is 4.79 Å². The van der Waals surface area contributed by atoms with Crippen LogP contribution in [0, 0.1) is 0 Å². The van der Waals surface area contributed by atoms with Gasteiger partial charge in [-0.05, 0) is 0 Å². The molecule has 0 atom stereocenters. The van der Waals surface area contributed by atoms with Gasteiger partial charge in [0, 0.05) is 6.08 Å². The largest absolute Gasteiger partial charge is 0.478 e. The Morgan fingerprint density at radius 2 is 2.00 bits per heavy atom. The molecule has 0 aliphatic carbocycles. The molecular formula is C3H7ClO2Si. The summed E-state index contributed by atoms with van der Waals surface area (Å²) in [7, 11) is 0.778. The van der Waals surface area contributed by atoms with Crippen LogP contribution < -0.4 is 0 Å². The lowest BCUT2D eigenvalue weighted by atomic mass is 10.7. The van der Waals surface area contributed by atoms with Crippen LogP contribution in [0.1, 0.15) is 0 Å². The normalized spacial score (nSPS) is 5.86. The summed E-state index contributed by atoms with van der Waals surface area (Å²) in [5.74, 6) is -0.981. The third kappa shape index (κ3) is 26.8. The van der Waals surface area contributed by atoms with E-state index in [0.29, 0.717) is 0 Å². The second-order valence-corrected chi connectivity index (χ2v) is 0.542. The summed E-state index contributed by atoms with van der Waals surface area (Å²) < 4.78 is 0. The first-order chi connectivity index (χ1) is 3.27. The number of carboxylic acid groups (broad SMARTS) is 1. The van der Waals surface area contributed by atoms with E-state index in [1.54, 1.807) is 0 Å². The zero-order valence-electron chi connectivity index (χ0n) is 4.02. The minimum absolute atomic E-state index is 0.778. The lowest BCUT2D eigenvalue weighted by Gasteiger charge is -1.64. The summed E-state index contributed by atoms with van der Waals surface area (Å²) in [5.41, 5.74) is 0. The fraction of sp³-hybridized carbons (Fsp3) is 0. The second-order valence-electron chi connectivity index (χ2n) is 0.542. The fourth-order valence-corrected chi connectivity index (χ4v) is 0. The Morgan fingerprint density at radius 1 is 1.86 bits per heavy atom. The minimum Gasteiger partial charge on any atom is -0.478 e. The van der Waals surface area contributed by atoms with Crippen molar-refractivity contribution in [3.63, 3.8) is 0 Å². The molecule has 0 aliphatic rings. The molecule has 0 rings (SSSR count). The molecule has 0 aliphatic heterocycles. The molecule has 0 saturated carbocycles. The lowest BCUT2D eigenvalue weighted by Crippen LogP contribution is -1.82. The van der Waals surface area contributed by atoms with E-state index in [4.69, 9.17) is 16.2 Å². The third-order valence-electron chi connectivity index (χ3n) is 0.175. The van der Waals surface area contributed by atoms with Gasteiger partial charge in [0.05, 0.1) is 0 Å². The summed E-state index contributed by atoms with van der Waals surface area (Å²) in [4.78, 5) is 9.25. The van der Waals surface area contributed by atoms with E-state index in [0.717, 1.165) is 15.6 Å². The van der Waals surface area contributed by atoms with Crippen LogP contribution in [0.4, 0.5) is 0 Å². The molecule has 0 unspecified atom stereocenters. The summed E-state index contributed by atoms with van der Waals surface area (Å²) in [6.45, 7) is 2.96. The number of hydrogen-bond acceptors (Lipinski definition) is 1. The maximum atomic E-state index is 9.25. The molecular weight excluding hydrogens is 132 g/mol. The molecule has 2 nitrogen and oxygen atoms in total. The van der Waals surface area contributed by atoms with E-state index in [-0.39, 0.29) is 0 Å².